The highest BCUT2D eigenvalue weighted by molar-refractivity contribution is 5.40. The molecule has 4 nitrogen and oxygen atoms in total. The minimum Gasteiger partial charge on any atom is -0.362 e. The van der Waals surface area contributed by atoms with E-state index in [1.54, 1.807) is 6.26 Å². The minimum absolute atomic E-state index is 0.761. The summed E-state index contributed by atoms with van der Waals surface area (Å²) in [6, 6.07) is 4.09. The predicted molar refractivity (Wildman–Crippen MR) is 54.0 cm³/mol. The predicted octanol–water partition coefficient (Wildman–Crippen LogP) is 1.93. The first kappa shape index (κ1) is 8.87. The van der Waals surface area contributed by atoms with Crippen LogP contribution >= 0.6 is 0 Å². The molecule has 2 aromatic heterocycles. The van der Waals surface area contributed by atoms with Gasteiger partial charge in [-0.15, -0.1) is 0 Å². The fraction of sp³-hybridized carbons (Fsp3) is 0.300. The van der Waals surface area contributed by atoms with Crippen molar-refractivity contribution in [1.82, 2.24) is 9.72 Å². The van der Waals surface area contributed by atoms with Crippen LogP contribution in [0.4, 0.5) is 5.82 Å². The Balaban J connectivity index is 2.02. The molecule has 0 fully saturated rings. The summed E-state index contributed by atoms with van der Waals surface area (Å²) < 4.78 is 6.90. The molecule has 14 heavy (non-hydrogen) atoms. The van der Waals surface area contributed by atoms with Crippen LogP contribution in [0.15, 0.2) is 29.1 Å². The summed E-state index contributed by atoms with van der Waals surface area (Å²) in [6.45, 7) is 2.72. The van der Waals surface area contributed by atoms with E-state index < -0.39 is 0 Å². The smallest absolute Gasteiger partial charge is 0.172 e. The summed E-state index contributed by atoms with van der Waals surface area (Å²) in [4.78, 5) is 0. The maximum atomic E-state index is 4.83. The Kier molecular flexibility index (Phi) is 2.26. The third-order valence-corrected chi connectivity index (χ3v) is 2.24. The van der Waals surface area contributed by atoms with Crippen molar-refractivity contribution in [3.63, 3.8) is 0 Å². The van der Waals surface area contributed by atoms with Gasteiger partial charge in [0.1, 0.15) is 6.26 Å². The molecule has 2 rings (SSSR count). The number of nitrogens with one attached hydrogen (secondary N) is 1. The molecule has 0 atom stereocenters. The Morgan fingerprint density at radius 1 is 1.57 bits per heavy atom. The maximum absolute atomic E-state index is 4.83. The van der Waals surface area contributed by atoms with Gasteiger partial charge in [0.05, 0.1) is 6.54 Å². The number of nitrogens with zero attached hydrogens (tertiary/aromatic N) is 2. The minimum atomic E-state index is 0.761. The first-order valence-electron chi connectivity index (χ1n) is 4.52. The Hall–Kier alpha value is -1.71. The van der Waals surface area contributed by atoms with Gasteiger partial charge in [-0.3, -0.25) is 0 Å². The van der Waals surface area contributed by atoms with Crippen molar-refractivity contribution >= 4 is 5.82 Å². The van der Waals surface area contributed by atoms with Crippen molar-refractivity contribution in [3.8, 4) is 0 Å². The van der Waals surface area contributed by atoms with E-state index in [0.717, 1.165) is 17.9 Å². The number of rotatable bonds is 3. The molecule has 2 aromatic rings. The molecule has 0 radical (unpaired) electrons. The number of hydrogen-bond donors (Lipinski definition) is 1. The molecule has 0 bridgehead atoms. The fourth-order valence-electron chi connectivity index (χ4n) is 1.31. The highest BCUT2D eigenvalue weighted by Gasteiger charge is 2.02. The lowest BCUT2D eigenvalue weighted by Gasteiger charge is -2.04. The van der Waals surface area contributed by atoms with Gasteiger partial charge >= 0.3 is 0 Å². The van der Waals surface area contributed by atoms with Crippen LogP contribution in [0.2, 0.25) is 0 Å². The molecule has 0 spiro atoms. The van der Waals surface area contributed by atoms with Crippen molar-refractivity contribution in [2.24, 2.45) is 7.05 Å². The molecule has 0 aliphatic heterocycles. The van der Waals surface area contributed by atoms with E-state index in [1.807, 2.05) is 26.2 Å². The second-order valence-electron chi connectivity index (χ2n) is 3.31. The Bertz CT molecular complexity index is 376. The van der Waals surface area contributed by atoms with Gasteiger partial charge in [-0.05, 0) is 19.1 Å². The quantitative estimate of drug-likeness (QED) is 0.806. The van der Waals surface area contributed by atoms with Crippen LogP contribution in [0.1, 0.15) is 11.3 Å². The van der Waals surface area contributed by atoms with E-state index in [0.29, 0.717) is 0 Å². The van der Waals surface area contributed by atoms with E-state index in [1.165, 1.54) is 5.69 Å². The third-order valence-electron chi connectivity index (χ3n) is 2.24. The van der Waals surface area contributed by atoms with Crippen molar-refractivity contribution < 1.29 is 4.52 Å². The van der Waals surface area contributed by atoms with Crippen molar-refractivity contribution in [1.29, 1.82) is 0 Å². The number of aromatic nitrogens is 2. The van der Waals surface area contributed by atoms with Gasteiger partial charge in [0, 0.05) is 24.5 Å². The van der Waals surface area contributed by atoms with Crippen LogP contribution in [0.3, 0.4) is 0 Å². The highest BCUT2D eigenvalue weighted by Crippen LogP contribution is 2.12. The molecule has 74 valence electrons. The van der Waals surface area contributed by atoms with Crippen LogP contribution in [0.5, 0.6) is 0 Å². The molecule has 0 aromatic carbocycles. The largest absolute Gasteiger partial charge is 0.362 e. The van der Waals surface area contributed by atoms with Crippen LogP contribution in [-0.4, -0.2) is 9.72 Å². The molecule has 0 saturated carbocycles. The van der Waals surface area contributed by atoms with Crippen LogP contribution in [-0.2, 0) is 13.6 Å². The zero-order valence-corrected chi connectivity index (χ0v) is 8.32. The zero-order valence-electron chi connectivity index (χ0n) is 8.32. The maximum Gasteiger partial charge on any atom is 0.172 e. The molecule has 0 aliphatic rings. The van der Waals surface area contributed by atoms with E-state index >= 15 is 0 Å². The van der Waals surface area contributed by atoms with Gasteiger partial charge in [-0.25, -0.2) is 0 Å². The number of aryl methyl sites for hydroxylation is 2. The lowest BCUT2D eigenvalue weighted by molar-refractivity contribution is 0.421. The summed E-state index contributed by atoms with van der Waals surface area (Å²) in [7, 11) is 2.02. The zero-order chi connectivity index (χ0) is 9.97. The first-order chi connectivity index (χ1) is 6.77. The second kappa shape index (κ2) is 3.57. The molecule has 0 unspecified atom stereocenters. The van der Waals surface area contributed by atoms with Crippen molar-refractivity contribution in [2.45, 2.75) is 13.5 Å². The van der Waals surface area contributed by atoms with Crippen LogP contribution < -0.4 is 5.32 Å². The summed E-state index contributed by atoms with van der Waals surface area (Å²) >= 11 is 0. The van der Waals surface area contributed by atoms with Gasteiger partial charge in [-0.2, -0.15) is 0 Å². The normalized spacial score (nSPS) is 10.4. The highest BCUT2D eigenvalue weighted by atomic mass is 16.5. The van der Waals surface area contributed by atoms with Gasteiger partial charge in [0.25, 0.3) is 0 Å². The van der Waals surface area contributed by atoms with E-state index in [4.69, 9.17) is 4.52 Å². The van der Waals surface area contributed by atoms with E-state index in [-0.39, 0.29) is 0 Å². The fourth-order valence-corrected chi connectivity index (χ4v) is 1.31. The summed E-state index contributed by atoms with van der Waals surface area (Å²) in [5.74, 6) is 0.811. The SMILES string of the molecule is Cc1conc1NCc1cccn1C. The molecule has 4 heteroatoms. The van der Waals surface area contributed by atoms with Crippen LogP contribution in [0.25, 0.3) is 0 Å². The lowest BCUT2D eigenvalue weighted by atomic mass is 10.3. The number of hydrogen-bond acceptors (Lipinski definition) is 3. The summed E-state index contributed by atoms with van der Waals surface area (Å²) in [5, 5.41) is 7.06. The van der Waals surface area contributed by atoms with E-state index in [9.17, 15) is 0 Å². The molecule has 2 heterocycles. The molecule has 1 N–H and O–H groups in total. The van der Waals surface area contributed by atoms with Crippen molar-refractivity contribution in [3.05, 3.63) is 35.9 Å². The molecular weight excluding hydrogens is 178 g/mol. The van der Waals surface area contributed by atoms with Crippen molar-refractivity contribution in [2.75, 3.05) is 5.32 Å². The molecule has 0 saturated heterocycles. The average Bonchev–Trinajstić information content (AvgIpc) is 2.72. The van der Waals surface area contributed by atoms with Crippen LogP contribution in [0, 0.1) is 6.92 Å². The topological polar surface area (TPSA) is 43.0 Å². The molecular formula is C10H13N3O. The van der Waals surface area contributed by atoms with Gasteiger partial charge < -0.3 is 14.4 Å². The Morgan fingerprint density at radius 2 is 2.43 bits per heavy atom. The monoisotopic (exact) mass is 191 g/mol. The standard InChI is InChI=1S/C10H13N3O/c1-8-7-14-12-10(8)11-6-9-4-3-5-13(9)2/h3-5,7H,6H2,1-2H3,(H,11,12). The Labute approximate surface area is 82.5 Å². The van der Waals surface area contributed by atoms with Gasteiger partial charge in [-0.1, -0.05) is 5.16 Å². The van der Waals surface area contributed by atoms with Gasteiger partial charge in [0.15, 0.2) is 5.82 Å². The average molecular weight is 191 g/mol. The molecule has 0 amide bonds. The van der Waals surface area contributed by atoms with Gasteiger partial charge in [0.2, 0.25) is 0 Å². The number of anilines is 1. The Morgan fingerprint density at radius 3 is 3.00 bits per heavy atom. The lowest BCUT2D eigenvalue weighted by Crippen LogP contribution is -2.04. The second-order valence-corrected chi connectivity index (χ2v) is 3.31. The first-order valence-corrected chi connectivity index (χ1v) is 4.52. The molecule has 0 aliphatic carbocycles. The summed E-state index contributed by atoms with van der Waals surface area (Å²) in [6.07, 6.45) is 3.65. The van der Waals surface area contributed by atoms with E-state index in [2.05, 4.69) is 21.1 Å². The summed E-state index contributed by atoms with van der Waals surface area (Å²) in [5.41, 5.74) is 2.24. The third kappa shape index (κ3) is 1.64.